The molecule has 1 aromatic rings. The third kappa shape index (κ3) is 2.37. The van der Waals surface area contributed by atoms with Crippen molar-refractivity contribution in [3.05, 3.63) is 28.7 Å². The molecule has 16 heavy (non-hydrogen) atoms. The second kappa shape index (κ2) is 4.44. The second-order valence-electron chi connectivity index (χ2n) is 4.27. The lowest BCUT2D eigenvalue weighted by Gasteiger charge is -2.37. The number of nitrogens with zero attached hydrogens (tertiary/aromatic N) is 2. The fraction of sp³-hybridized carbons (Fsp3) is 0.417. The van der Waals surface area contributed by atoms with E-state index in [1.807, 2.05) is 24.3 Å². The molecule has 1 unspecified atom stereocenters. The van der Waals surface area contributed by atoms with E-state index in [1.54, 1.807) is 0 Å². The number of anilines is 1. The van der Waals surface area contributed by atoms with E-state index in [2.05, 4.69) is 26.9 Å². The van der Waals surface area contributed by atoms with Gasteiger partial charge >= 0.3 is 0 Å². The number of hydrogen-bond acceptors (Lipinski definition) is 3. The normalized spacial score (nSPS) is 25.2. The summed E-state index contributed by atoms with van der Waals surface area (Å²) in [6.45, 7) is 1.59. The number of halogens is 1. The van der Waals surface area contributed by atoms with Crippen molar-refractivity contribution in [3.63, 3.8) is 0 Å². The van der Waals surface area contributed by atoms with Crippen molar-refractivity contribution in [3.8, 4) is 6.07 Å². The highest BCUT2D eigenvalue weighted by atomic mass is 79.9. The Morgan fingerprint density at radius 1 is 1.38 bits per heavy atom. The molecular weight excluding hydrogens is 266 g/mol. The fourth-order valence-electron chi connectivity index (χ4n) is 2.05. The Morgan fingerprint density at radius 2 is 2.06 bits per heavy atom. The molecule has 0 spiro atoms. The molecule has 2 rings (SSSR count). The smallest absolute Gasteiger partial charge is 0.121 e. The molecule has 2 N–H and O–H groups in total. The zero-order chi connectivity index (χ0) is 11.6. The minimum absolute atomic E-state index is 0.616. The number of hydrogen-bond donors (Lipinski definition) is 1. The van der Waals surface area contributed by atoms with Crippen LogP contribution in [0.1, 0.15) is 12.8 Å². The van der Waals surface area contributed by atoms with Gasteiger partial charge < -0.3 is 10.6 Å². The summed E-state index contributed by atoms with van der Waals surface area (Å²) in [4.78, 5) is 2.18. The number of nitriles is 1. The molecule has 1 aliphatic rings. The molecule has 4 heteroatoms. The van der Waals surface area contributed by atoms with Crippen LogP contribution in [0.3, 0.4) is 0 Å². The van der Waals surface area contributed by atoms with Crippen LogP contribution in [0, 0.1) is 11.3 Å². The molecule has 1 aliphatic heterocycles. The van der Waals surface area contributed by atoms with Gasteiger partial charge in [-0.15, -0.1) is 0 Å². The van der Waals surface area contributed by atoms with Crippen LogP contribution < -0.4 is 10.6 Å². The van der Waals surface area contributed by atoms with E-state index < -0.39 is 5.54 Å². The first-order valence-corrected chi connectivity index (χ1v) is 6.13. The van der Waals surface area contributed by atoms with Gasteiger partial charge in [-0.25, -0.2) is 0 Å². The third-order valence-electron chi connectivity index (χ3n) is 2.94. The highest BCUT2D eigenvalue weighted by Crippen LogP contribution is 2.25. The SMILES string of the molecule is N#CC1(N)CCCN(c2ccc(Br)cc2)C1. The Bertz CT molecular complexity index is 409. The average molecular weight is 280 g/mol. The number of nitrogens with two attached hydrogens (primary N) is 1. The van der Waals surface area contributed by atoms with Gasteiger partial charge in [0.15, 0.2) is 0 Å². The lowest BCUT2D eigenvalue weighted by atomic mass is 9.91. The summed E-state index contributed by atoms with van der Waals surface area (Å²) < 4.78 is 1.06. The Kier molecular flexibility index (Phi) is 3.17. The monoisotopic (exact) mass is 279 g/mol. The first kappa shape index (κ1) is 11.4. The second-order valence-corrected chi connectivity index (χ2v) is 5.19. The van der Waals surface area contributed by atoms with Crippen molar-refractivity contribution in [2.75, 3.05) is 18.0 Å². The minimum atomic E-state index is -0.689. The summed E-state index contributed by atoms with van der Waals surface area (Å²) in [6.07, 6.45) is 1.76. The molecule has 3 nitrogen and oxygen atoms in total. The van der Waals surface area contributed by atoms with Crippen LogP contribution >= 0.6 is 15.9 Å². The molecule has 0 radical (unpaired) electrons. The molecule has 0 aromatic heterocycles. The number of piperidine rings is 1. The minimum Gasteiger partial charge on any atom is -0.369 e. The van der Waals surface area contributed by atoms with E-state index in [-0.39, 0.29) is 0 Å². The third-order valence-corrected chi connectivity index (χ3v) is 3.47. The van der Waals surface area contributed by atoms with Gasteiger partial charge in [-0.05, 0) is 37.1 Å². The molecule has 1 heterocycles. The van der Waals surface area contributed by atoms with Crippen molar-refractivity contribution < 1.29 is 0 Å². The molecular formula is C12H14BrN3. The largest absolute Gasteiger partial charge is 0.369 e. The van der Waals surface area contributed by atoms with Crippen LogP contribution in [-0.2, 0) is 0 Å². The van der Waals surface area contributed by atoms with Crippen molar-refractivity contribution in [2.45, 2.75) is 18.4 Å². The molecule has 0 amide bonds. The predicted molar refractivity (Wildman–Crippen MR) is 68.1 cm³/mol. The zero-order valence-electron chi connectivity index (χ0n) is 8.99. The van der Waals surface area contributed by atoms with E-state index >= 15 is 0 Å². The van der Waals surface area contributed by atoms with Gasteiger partial charge in [-0.1, -0.05) is 15.9 Å². The van der Waals surface area contributed by atoms with Crippen LogP contribution in [0.4, 0.5) is 5.69 Å². The number of rotatable bonds is 1. The van der Waals surface area contributed by atoms with E-state index in [4.69, 9.17) is 11.0 Å². The van der Waals surface area contributed by atoms with Crippen LogP contribution in [0.25, 0.3) is 0 Å². The lowest BCUT2D eigenvalue weighted by molar-refractivity contribution is 0.424. The van der Waals surface area contributed by atoms with E-state index in [0.717, 1.165) is 29.5 Å². The van der Waals surface area contributed by atoms with E-state index in [9.17, 15) is 0 Å². The molecule has 0 saturated carbocycles. The quantitative estimate of drug-likeness (QED) is 0.858. The van der Waals surface area contributed by atoms with Crippen LogP contribution in [0.15, 0.2) is 28.7 Å². The topological polar surface area (TPSA) is 53.1 Å². The zero-order valence-corrected chi connectivity index (χ0v) is 10.6. The Hall–Kier alpha value is -1.05. The van der Waals surface area contributed by atoms with E-state index in [1.165, 1.54) is 0 Å². The van der Waals surface area contributed by atoms with Gasteiger partial charge in [0.25, 0.3) is 0 Å². The van der Waals surface area contributed by atoms with E-state index in [0.29, 0.717) is 6.54 Å². The molecule has 1 atom stereocenters. The van der Waals surface area contributed by atoms with Gasteiger partial charge in [0.2, 0.25) is 0 Å². The summed E-state index contributed by atoms with van der Waals surface area (Å²) >= 11 is 3.41. The highest BCUT2D eigenvalue weighted by molar-refractivity contribution is 9.10. The Balaban J connectivity index is 2.16. The standard InChI is InChI=1S/C12H14BrN3/c13-10-2-4-11(5-3-10)16-7-1-6-12(15,8-14)9-16/h2-5H,1,6-7,9,15H2. The van der Waals surface area contributed by atoms with Crippen molar-refractivity contribution in [2.24, 2.45) is 5.73 Å². The average Bonchev–Trinajstić information content (AvgIpc) is 2.30. The van der Waals surface area contributed by atoms with Crippen LogP contribution in [-0.4, -0.2) is 18.6 Å². The van der Waals surface area contributed by atoms with Gasteiger partial charge in [0, 0.05) is 23.2 Å². The fourth-order valence-corrected chi connectivity index (χ4v) is 2.31. The van der Waals surface area contributed by atoms with Gasteiger partial charge in [-0.3, -0.25) is 0 Å². The maximum Gasteiger partial charge on any atom is 0.121 e. The summed E-state index contributed by atoms with van der Waals surface area (Å²) in [6, 6.07) is 10.3. The summed E-state index contributed by atoms with van der Waals surface area (Å²) in [7, 11) is 0. The Morgan fingerprint density at radius 3 is 2.69 bits per heavy atom. The molecule has 0 bridgehead atoms. The van der Waals surface area contributed by atoms with Gasteiger partial charge in [0.05, 0.1) is 6.07 Å². The van der Waals surface area contributed by atoms with Crippen LogP contribution in [0.2, 0.25) is 0 Å². The maximum absolute atomic E-state index is 9.05. The molecule has 1 fully saturated rings. The summed E-state index contributed by atoms with van der Waals surface area (Å²) in [5, 5.41) is 9.05. The molecule has 1 aromatic carbocycles. The van der Waals surface area contributed by atoms with Crippen molar-refractivity contribution >= 4 is 21.6 Å². The first-order chi connectivity index (χ1) is 7.63. The summed E-state index contributed by atoms with van der Waals surface area (Å²) in [5.41, 5.74) is 6.45. The van der Waals surface area contributed by atoms with Gasteiger partial charge in [-0.2, -0.15) is 5.26 Å². The first-order valence-electron chi connectivity index (χ1n) is 5.34. The predicted octanol–water partition coefficient (Wildman–Crippen LogP) is 2.27. The number of benzene rings is 1. The van der Waals surface area contributed by atoms with Crippen molar-refractivity contribution in [1.82, 2.24) is 0 Å². The summed E-state index contributed by atoms with van der Waals surface area (Å²) in [5.74, 6) is 0. The van der Waals surface area contributed by atoms with Crippen molar-refractivity contribution in [1.29, 1.82) is 5.26 Å². The lowest BCUT2D eigenvalue weighted by Crippen LogP contribution is -2.53. The highest BCUT2D eigenvalue weighted by Gasteiger charge is 2.31. The molecule has 1 saturated heterocycles. The maximum atomic E-state index is 9.05. The van der Waals surface area contributed by atoms with Crippen LogP contribution in [0.5, 0.6) is 0 Å². The van der Waals surface area contributed by atoms with Gasteiger partial charge in [0.1, 0.15) is 5.54 Å². The molecule has 84 valence electrons. The molecule has 0 aliphatic carbocycles. The Labute approximate surface area is 104 Å².